The number of likely N-dealkylation sites (tertiary alicyclic amines) is 1. The topological polar surface area (TPSA) is 60.9 Å². The van der Waals surface area contributed by atoms with E-state index in [0.717, 1.165) is 63.6 Å². The third kappa shape index (κ3) is 9.78. The maximum absolute atomic E-state index is 13.9. The monoisotopic (exact) mass is 535 g/mol. The number of nitrogens with zero attached hydrogens (tertiary/aromatic N) is 2. The predicted octanol–water partition coefficient (Wildman–Crippen LogP) is 3.36. The number of nitrogens with one attached hydrogen (secondary N) is 3. The third-order valence-corrected chi connectivity index (χ3v) is 4.93. The fourth-order valence-electron chi connectivity index (χ4n) is 3.41. The number of benzene rings is 1. The first-order valence-corrected chi connectivity index (χ1v) is 10.7. The van der Waals surface area contributed by atoms with Crippen molar-refractivity contribution in [2.75, 3.05) is 39.8 Å². The van der Waals surface area contributed by atoms with Crippen molar-refractivity contribution in [2.45, 2.75) is 58.7 Å². The fourth-order valence-corrected chi connectivity index (χ4v) is 3.41. The Labute approximate surface area is 198 Å². The summed E-state index contributed by atoms with van der Waals surface area (Å²) in [6, 6.07) is 5.62. The second-order valence-corrected chi connectivity index (χ2v) is 8.60. The molecule has 1 saturated heterocycles. The van der Waals surface area contributed by atoms with Crippen molar-refractivity contribution >= 4 is 29.9 Å². The van der Waals surface area contributed by atoms with Gasteiger partial charge in [0.2, 0.25) is 0 Å². The standard InChI is InChI=1S/C22H38FN5O.HI/c1-6-24-21(25-11-12-26-22(2,3)4)27-18-9-13-28(14-10-18)16-17-7-8-20(29-5)19(23)15-17;/h7-8,15,18,26H,6,9-14,16H2,1-5H3,(H2,24,25,27);1H. The first-order chi connectivity index (χ1) is 13.8. The van der Waals surface area contributed by atoms with Crippen LogP contribution in [-0.2, 0) is 6.54 Å². The zero-order valence-corrected chi connectivity index (χ0v) is 21.4. The first kappa shape index (κ1) is 26.9. The molecule has 0 radical (unpaired) electrons. The zero-order valence-electron chi connectivity index (χ0n) is 19.1. The first-order valence-electron chi connectivity index (χ1n) is 10.7. The molecule has 1 aromatic carbocycles. The molecule has 1 aliphatic heterocycles. The summed E-state index contributed by atoms with van der Waals surface area (Å²) < 4.78 is 18.9. The lowest BCUT2D eigenvalue weighted by molar-refractivity contribution is 0.198. The average molecular weight is 535 g/mol. The van der Waals surface area contributed by atoms with Crippen molar-refractivity contribution in [1.82, 2.24) is 20.9 Å². The van der Waals surface area contributed by atoms with Crippen molar-refractivity contribution in [2.24, 2.45) is 4.99 Å². The van der Waals surface area contributed by atoms with E-state index < -0.39 is 0 Å². The molecule has 6 nitrogen and oxygen atoms in total. The number of hydrogen-bond donors (Lipinski definition) is 3. The second-order valence-electron chi connectivity index (χ2n) is 8.60. The molecule has 2 rings (SSSR count). The fraction of sp³-hybridized carbons (Fsp3) is 0.682. The van der Waals surface area contributed by atoms with E-state index in [0.29, 0.717) is 11.8 Å². The van der Waals surface area contributed by atoms with Gasteiger partial charge in [-0.2, -0.15) is 0 Å². The average Bonchev–Trinajstić information content (AvgIpc) is 2.66. The lowest BCUT2D eigenvalue weighted by Gasteiger charge is -2.33. The van der Waals surface area contributed by atoms with Crippen LogP contribution in [0.25, 0.3) is 0 Å². The second kappa shape index (κ2) is 13.3. The number of guanidine groups is 1. The lowest BCUT2D eigenvalue weighted by Crippen LogP contribution is -2.48. The third-order valence-electron chi connectivity index (χ3n) is 4.93. The number of rotatable bonds is 8. The van der Waals surface area contributed by atoms with E-state index in [9.17, 15) is 4.39 Å². The Bertz CT molecular complexity index is 657. The number of halogens is 2. The molecule has 0 amide bonds. The Hall–Kier alpha value is -1.13. The molecule has 0 atom stereocenters. The molecule has 1 fully saturated rings. The largest absolute Gasteiger partial charge is 0.494 e. The van der Waals surface area contributed by atoms with Gasteiger partial charge in [0.15, 0.2) is 17.5 Å². The van der Waals surface area contributed by atoms with Crippen molar-refractivity contribution in [3.8, 4) is 5.75 Å². The Kier molecular flexibility index (Phi) is 11.9. The van der Waals surface area contributed by atoms with Crippen LogP contribution in [0, 0.1) is 5.82 Å². The SMILES string of the molecule is CCNC(=NCCNC(C)(C)C)NC1CCN(Cc2ccc(OC)c(F)c2)CC1.I. The Balaban J connectivity index is 0.00000450. The summed E-state index contributed by atoms with van der Waals surface area (Å²) in [5.41, 5.74) is 1.09. The van der Waals surface area contributed by atoms with Gasteiger partial charge in [-0.25, -0.2) is 4.39 Å². The Morgan fingerprint density at radius 2 is 1.97 bits per heavy atom. The van der Waals surface area contributed by atoms with Gasteiger partial charge in [0.1, 0.15) is 0 Å². The normalized spacial score (nSPS) is 16.1. The number of methoxy groups -OCH3 is 1. The van der Waals surface area contributed by atoms with Crippen LogP contribution in [0.3, 0.4) is 0 Å². The van der Waals surface area contributed by atoms with Crippen LogP contribution in [0.2, 0.25) is 0 Å². The molecule has 1 aliphatic rings. The summed E-state index contributed by atoms with van der Waals surface area (Å²) in [4.78, 5) is 7.06. The molecule has 8 heteroatoms. The smallest absolute Gasteiger partial charge is 0.191 e. The highest BCUT2D eigenvalue weighted by Gasteiger charge is 2.20. The summed E-state index contributed by atoms with van der Waals surface area (Å²) in [5.74, 6) is 0.887. The zero-order chi connectivity index (χ0) is 21.3. The van der Waals surface area contributed by atoms with Gasteiger partial charge in [-0.3, -0.25) is 9.89 Å². The number of hydrogen-bond acceptors (Lipinski definition) is 4. The number of aliphatic imine (C=N–C) groups is 1. The summed E-state index contributed by atoms with van der Waals surface area (Å²) >= 11 is 0. The van der Waals surface area contributed by atoms with Gasteiger partial charge in [0, 0.05) is 44.3 Å². The molecule has 172 valence electrons. The molecule has 1 heterocycles. The lowest BCUT2D eigenvalue weighted by atomic mass is 10.0. The molecular weight excluding hydrogens is 496 g/mol. The van der Waals surface area contributed by atoms with Crippen LogP contribution in [0.5, 0.6) is 5.75 Å². The maximum atomic E-state index is 13.9. The van der Waals surface area contributed by atoms with Gasteiger partial charge in [-0.05, 0) is 58.2 Å². The minimum absolute atomic E-state index is 0. The van der Waals surface area contributed by atoms with Crippen LogP contribution in [0.15, 0.2) is 23.2 Å². The molecular formula is C22H39FIN5O. The molecule has 0 aliphatic carbocycles. The van der Waals surface area contributed by atoms with Crippen LogP contribution >= 0.6 is 24.0 Å². The molecule has 0 unspecified atom stereocenters. The van der Waals surface area contributed by atoms with Crippen LogP contribution in [0.1, 0.15) is 46.1 Å². The molecule has 0 spiro atoms. The molecule has 0 aromatic heterocycles. The van der Waals surface area contributed by atoms with Crippen LogP contribution in [0.4, 0.5) is 4.39 Å². The van der Waals surface area contributed by atoms with Crippen LogP contribution < -0.4 is 20.7 Å². The van der Waals surface area contributed by atoms with Crippen LogP contribution in [-0.4, -0.2) is 62.3 Å². The number of ether oxygens (including phenoxy) is 1. The van der Waals surface area contributed by atoms with Gasteiger partial charge in [-0.1, -0.05) is 6.07 Å². The minimum atomic E-state index is -0.297. The van der Waals surface area contributed by atoms with Crippen molar-refractivity contribution in [3.63, 3.8) is 0 Å². The number of piperidine rings is 1. The summed E-state index contributed by atoms with van der Waals surface area (Å²) in [7, 11) is 1.49. The van der Waals surface area contributed by atoms with E-state index >= 15 is 0 Å². The molecule has 0 saturated carbocycles. The molecule has 0 bridgehead atoms. The van der Waals surface area contributed by atoms with Gasteiger partial charge >= 0.3 is 0 Å². The van der Waals surface area contributed by atoms with E-state index in [-0.39, 0.29) is 35.3 Å². The summed E-state index contributed by atoms with van der Waals surface area (Å²) in [6.07, 6.45) is 2.09. The van der Waals surface area contributed by atoms with Crippen molar-refractivity contribution < 1.29 is 9.13 Å². The van der Waals surface area contributed by atoms with Crippen molar-refractivity contribution in [1.29, 1.82) is 0 Å². The van der Waals surface area contributed by atoms with E-state index in [1.54, 1.807) is 12.1 Å². The van der Waals surface area contributed by atoms with E-state index in [1.165, 1.54) is 7.11 Å². The molecule has 30 heavy (non-hydrogen) atoms. The minimum Gasteiger partial charge on any atom is -0.494 e. The van der Waals surface area contributed by atoms with E-state index in [1.807, 2.05) is 6.07 Å². The quantitative estimate of drug-likeness (QED) is 0.206. The van der Waals surface area contributed by atoms with E-state index in [4.69, 9.17) is 4.74 Å². The van der Waals surface area contributed by atoms with Gasteiger partial charge in [0.05, 0.1) is 13.7 Å². The Morgan fingerprint density at radius 1 is 1.27 bits per heavy atom. The predicted molar refractivity (Wildman–Crippen MR) is 134 cm³/mol. The van der Waals surface area contributed by atoms with Gasteiger partial charge in [-0.15, -0.1) is 24.0 Å². The Morgan fingerprint density at radius 3 is 2.53 bits per heavy atom. The van der Waals surface area contributed by atoms with Gasteiger partial charge in [0.25, 0.3) is 0 Å². The maximum Gasteiger partial charge on any atom is 0.191 e. The highest BCUT2D eigenvalue weighted by atomic mass is 127. The molecule has 3 N–H and O–H groups in total. The summed E-state index contributed by atoms with van der Waals surface area (Å²) in [6.45, 7) is 13.7. The highest BCUT2D eigenvalue weighted by molar-refractivity contribution is 14.0. The van der Waals surface area contributed by atoms with Gasteiger partial charge < -0.3 is 20.7 Å². The van der Waals surface area contributed by atoms with E-state index in [2.05, 4.69) is 53.5 Å². The highest BCUT2D eigenvalue weighted by Crippen LogP contribution is 2.20. The van der Waals surface area contributed by atoms with Crippen molar-refractivity contribution in [3.05, 3.63) is 29.6 Å². The molecule has 1 aromatic rings. The summed E-state index contributed by atoms with van der Waals surface area (Å²) in [5, 5.41) is 10.4.